The summed E-state index contributed by atoms with van der Waals surface area (Å²) in [4.78, 5) is 27.1. The van der Waals surface area contributed by atoms with Crippen molar-refractivity contribution in [1.29, 1.82) is 0 Å². The molecule has 1 amide bonds. The van der Waals surface area contributed by atoms with E-state index < -0.39 is 6.10 Å². The summed E-state index contributed by atoms with van der Waals surface area (Å²) in [5.41, 5.74) is 1.87. The van der Waals surface area contributed by atoms with Gasteiger partial charge < -0.3 is 14.8 Å². The molecule has 1 atom stereocenters. The summed E-state index contributed by atoms with van der Waals surface area (Å²) in [6.45, 7) is 2.06. The molecule has 0 spiro atoms. The molecule has 26 heavy (non-hydrogen) atoms. The summed E-state index contributed by atoms with van der Waals surface area (Å²) in [5.74, 6) is 0.510. The average Bonchev–Trinajstić information content (AvgIpc) is 3.16. The summed E-state index contributed by atoms with van der Waals surface area (Å²) in [7, 11) is 0. The lowest BCUT2D eigenvalue weighted by molar-refractivity contribution is -0.144. The van der Waals surface area contributed by atoms with E-state index >= 15 is 0 Å². The van der Waals surface area contributed by atoms with Gasteiger partial charge in [-0.25, -0.2) is 9.78 Å². The van der Waals surface area contributed by atoms with Crippen LogP contribution in [0.3, 0.4) is 0 Å². The minimum atomic E-state index is -0.445. The van der Waals surface area contributed by atoms with Crippen molar-refractivity contribution in [2.45, 2.75) is 25.9 Å². The van der Waals surface area contributed by atoms with Gasteiger partial charge in [0.1, 0.15) is 11.6 Å². The number of anilines is 1. The monoisotopic (exact) mass is 352 g/mol. The van der Waals surface area contributed by atoms with Crippen LogP contribution in [-0.2, 0) is 14.3 Å². The van der Waals surface area contributed by atoms with Crippen molar-refractivity contribution in [2.75, 3.05) is 11.9 Å². The molecule has 0 saturated carbocycles. The summed E-state index contributed by atoms with van der Waals surface area (Å²) >= 11 is 0. The van der Waals surface area contributed by atoms with Gasteiger partial charge in [-0.2, -0.15) is 0 Å². The van der Waals surface area contributed by atoms with Crippen LogP contribution in [0.5, 0.6) is 5.75 Å². The van der Waals surface area contributed by atoms with Gasteiger partial charge in [0.05, 0.1) is 0 Å². The first-order valence-electron chi connectivity index (χ1n) is 8.45. The Bertz CT molecular complexity index is 809. The molecule has 0 aliphatic carbocycles. The first kappa shape index (κ1) is 17.8. The number of esters is 1. The number of carbonyl (C=O) groups excluding carboxylic acids is 2. The Hall–Kier alpha value is -2.99. The number of hydrogen-bond donors (Lipinski definition) is 1. The predicted molar refractivity (Wildman–Crippen MR) is 98.5 cm³/mol. The van der Waals surface area contributed by atoms with Gasteiger partial charge >= 0.3 is 5.97 Å². The minimum Gasteiger partial charge on any atom is -0.425 e. The molecule has 1 unspecified atom stereocenters. The number of hydrogen-bond acceptors (Lipinski definition) is 5. The van der Waals surface area contributed by atoms with Gasteiger partial charge in [-0.1, -0.05) is 24.3 Å². The van der Waals surface area contributed by atoms with Gasteiger partial charge in [0.15, 0.2) is 6.10 Å². The van der Waals surface area contributed by atoms with Crippen molar-refractivity contribution in [3.63, 3.8) is 0 Å². The van der Waals surface area contributed by atoms with Gasteiger partial charge in [-0.15, -0.1) is 0 Å². The summed E-state index contributed by atoms with van der Waals surface area (Å²) in [6.07, 6.45) is 6.64. The van der Waals surface area contributed by atoms with E-state index in [4.69, 9.17) is 9.47 Å². The lowest BCUT2D eigenvalue weighted by Crippen LogP contribution is -2.24. The third-order valence-electron chi connectivity index (χ3n) is 3.85. The number of carbonyl (C=O) groups is 2. The van der Waals surface area contributed by atoms with Crippen molar-refractivity contribution < 1.29 is 19.1 Å². The molecule has 3 rings (SSSR count). The third kappa shape index (κ3) is 5.00. The highest BCUT2D eigenvalue weighted by Gasteiger charge is 2.25. The van der Waals surface area contributed by atoms with E-state index in [1.807, 2.05) is 30.4 Å². The molecular formula is C20H20N2O4. The zero-order valence-corrected chi connectivity index (χ0v) is 14.5. The average molecular weight is 352 g/mol. The van der Waals surface area contributed by atoms with Gasteiger partial charge in [-0.05, 0) is 48.2 Å². The quantitative estimate of drug-likeness (QED) is 0.660. The highest BCUT2D eigenvalue weighted by atomic mass is 16.6. The zero-order valence-electron chi connectivity index (χ0n) is 14.5. The molecule has 1 fully saturated rings. The standard InChI is InChI=1S/C20H20N2O4/c1-14(23)22-19-13-16(10-11-21-19)5-4-15-6-8-17(9-7-15)26-20(24)18-3-2-12-25-18/h4-11,13,18H,2-3,12H2,1H3,(H,21,22,23)/b5-4+. The van der Waals surface area contributed by atoms with Crippen LogP contribution >= 0.6 is 0 Å². The van der Waals surface area contributed by atoms with Crippen LogP contribution in [0.4, 0.5) is 5.82 Å². The topological polar surface area (TPSA) is 77.5 Å². The van der Waals surface area contributed by atoms with E-state index in [1.165, 1.54) is 6.92 Å². The van der Waals surface area contributed by atoms with Crippen LogP contribution in [0.1, 0.15) is 30.9 Å². The molecule has 1 aromatic carbocycles. The van der Waals surface area contributed by atoms with E-state index in [2.05, 4.69) is 10.3 Å². The van der Waals surface area contributed by atoms with Gasteiger partial charge in [0, 0.05) is 19.7 Å². The second-order valence-electron chi connectivity index (χ2n) is 5.98. The van der Waals surface area contributed by atoms with Gasteiger partial charge in [0.25, 0.3) is 0 Å². The van der Waals surface area contributed by atoms with Crippen molar-refractivity contribution >= 4 is 29.8 Å². The molecule has 1 aliphatic heterocycles. The lowest BCUT2D eigenvalue weighted by atomic mass is 10.1. The Morgan fingerprint density at radius 3 is 2.65 bits per heavy atom. The second kappa shape index (κ2) is 8.40. The van der Waals surface area contributed by atoms with Gasteiger partial charge in [-0.3, -0.25) is 4.79 Å². The van der Waals surface area contributed by atoms with Crippen LogP contribution in [0, 0.1) is 0 Å². The fourth-order valence-corrected chi connectivity index (χ4v) is 2.58. The number of benzene rings is 1. The number of nitrogens with zero attached hydrogens (tertiary/aromatic N) is 1. The number of nitrogens with one attached hydrogen (secondary N) is 1. The van der Waals surface area contributed by atoms with Crippen molar-refractivity contribution in [1.82, 2.24) is 4.98 Å². The number of aromatic nitrogens is 1. The molecule has 6 heteroatoms. The van der Waals surface area contributed by atoms with Crippen LogP contribution in [0.25, 0.3) is 12.2 Å². The fraction of sp³-hybridized carbons (Fsp3) is 0.250. The Morgan fingerprint density at radius 1 is 1.19 bits per heavy atom. The van der Waals surface area contributed by atoms with Crippen molar-refractivity contribution in [3.8, 4) is 5.75 Å². The number of amides is 1. The molecule has 134 valence electrons. The fourth-order valence-electron chi connectivity index (χ4n) is 2.58. The van der Waals surface area contributed by atoms with Crippen molar-refractivity contribution in [3.05, 3.63) is 53.7 Å². The van der Waals surface area contributed by atoms with Crippen LogP contribution in [-0.4, -0.2) is 29.6 Å². The molecule has 0 bridgehead atoms. The highest BCUT2D eigenvalue weighted by molar-refractivity contribution is 5.88. The Morgan fingerprint density at radius 2 is 1.96 bits per heavy atom. The normalized spacial score (nSPS) is 16.6. The molecular weight excluding hydrogens is 332 g/mol. The molecule has 2 heterocycles. The smallest absolute Gasteiger partial charge is 0.340 e. The molecule has 2 aromatic rings. The van der Waals surface area contributed by atoms with E-state index in [-0.39, 0.29) is 11.9 Å². The van der Waals surface area contributed by atoms with E-state index in [1.54, 1.807) is 24.4 Å². The first-order chi connectivity index (χ1) is 12.6. The Labute approximate surface area is 151 Å². The molecule has 1 aromatic heterocycles. The molecule has 0 radical (unpaired) electrons. The van der Waals surface area contributed by atoms with Crippen molar-refractivity contribution in [2.24, 2.45) is 0 Å². The number of rotatable bonds is 5. The molecule has 6 nitrogen and oxygen atoms in total. The Balaban J connectivity index is 1.61. The summed E-state index contributed by atoms with van der Waals surface area (Å²) in [5, 5.41) is 2.65. The Kier molecular flexibility index (Phi) is 5.76. The zero-order chi connectivity index (χ0) is 18.4. The first-order valence-corrected chi connectivity index (χ1v) is 8.45. The summed E-state index contributed by atoms with van der Waals surface area (Å²) in [6, 6.07) is 10.9. The van der Waals surface area contributed by atoms with E-state index in [9.17, 15) is 9.59 Å². The van der Waals surface area contributed by atoms with Crippen LogP contribution in [0.2, 0.25) is 0 Å². The van der Waals surface area contributed by atoms with Gasteiger partial charge in [0.2, 0.25) is 5.91 Å². The third-order valence-corrected chi connectivity index (χ3v) is 3.85. The van der Waals surface area contributed by atoms with Crippen LogP contribution in [0.15, 0.2) is 42.6 Å². The SMILES string of the molecule is CC(=O)Nc1cc(/C=C/c2ccc(OC(=O)C3CCCO3)cc2)ccn1. The number of ether oxygens (including phenoxy) is 2. The molecule has 1 aliphatic rings. The molecule has 1 N–H and O–H groups in total. The van der Waals surface area contributed by atoms with E-state index in [0.29, 0.717) is 24.6 Å². The minimum absolute atomic E-state index is 0.160. The summed E-state index contributed by atoms with van der Waals surface area (Å²) < 4.78 is 10.6. The van der Waals surface area contributed by atoms with Crippen LogP contribution < -0.4 is 10.1 Å². The maximum Gasteiger partial charge on any atom is 0.340 e. The maximum absolute atomic E-state index is 11.9. The second-order valence-corrected chi connectivity index (χ2v) is 5.98. The largest absolute Gasteiger partial charge is 0.425 e. The maximum atomic E-state index is 11.9. The number of pyridine rings is 1. The molecule has 1 saturated heterocycles. The lowest BCUT2D eigenvalue weighted by Gasteiger charge is -2.09. The van der Waals surface area contributed by atoms with E-state index in [0.717, 1.165) is 17.5 Å². The highest BCUT2D eigenvalue weighted by Crippen LogP contribution is 2.19. The predicted octanol–water partition coefficient (Wildman–Crippen LogP) is 3.29.